The Morgan fingerprint density at radius 2 is 2.47 bits per heavy atom. The van der Waals surface area contributed by atoms with Gasteiger partial charge in [-0.1, -0.05) is 5.21 Å². The summed E-state index contributed by atoms with van der Waals surface area (Å²) in [5, 5.41) is 7.54. The normalized spacial score (nSPS) is 15.7. The lowest BCUT2D eigenvalue weighted by molar-refractivity contribution is 0.100. The third-order valence-electron chi connectivity index (χ3n) is 2.23. The highest BCUT2D eigenvalue weighted by molar-refractivity contribution is 9.10. The van der Waals surface area contributed by atoms with Gasteiger partial charge in [0.05, 0.1) is 12.9 Å². The molecule has 0 amide bonds. The number of aryl methyl sites for hydroxylation is 1. The van der Waals surface area contributed by atoms with Gasteiger partial charge < -0.3 is 4.74 Å². The molecule has 1 aromatic heterocycles. The van der Waals surface area contributed by atoms with E-state index in [1.165, 1.54) is 10.9 Å². The van der Waals surface area contributed by atoms with Gasteiger partial charge in [-0.05, 0) is 28.8 Å². The number of hydrogen-bond donors (Lipinski definition) is 0. The molecule has 0 unspecified atom stereocenters. The Morgan fingerprint density at radius 1 is 1.67 bits per heavy atom. The maximum atomic E-state index is 12.0. The lowest BCUT2D eigenvalue weighted by atomic mass is 10.0. The van der Waals surface area contributed by atoms with Crippen LogP contribution in [0.15, 0.2) is 16.4 Å². The first kappa shape index (κ1) is 10.4. The van der Waals surface area contributed by atoms with Crippen molar-refractivity contribution in [1.82, 2.24) is 15.0 Å². The van der Waals surface area contributed by atoms with Crippen molar-refractivity contribution in [1.29, 1.82) is 0 Å². The van der Waals surface area contributed by atoms with Crippen LogP contribution in [0.3, 0.4) is 0 Å². The average molecular weight is 272 g/mol. The number of halogens is 1. The molecule has 2 heterocycles. The molecule has 0 aromatic carbocycles. The minimum Gasteiger partial charge on any atom is -0.501 e. The van der Waals surface area contributed by atoms with E-state index >= 15 is 0 Å². The second-order valence-electron chi connectivity index (χ2n) is 3.30. The van der Waals surface area contributed by atoms with E-state index in [0.29, 0.717) is 22.5 Å². The minimum atomic E-state index is -0.0749. The van der Waals surface area contributed by atoms with E-state index in [1.807, 2.05) is 0 Å². The van der Waals surface area contributed by atoms with E-state index < -0.39 is 0 Å². The van der Waals surface area contributed by atoms with E-state index in [2.05, 4.69) is 26.2 Å². The molecule has 6 heteroatoms. The largest absolute Gasteiger partial charge is 0.501 e. The van der Waals surface area contributed by atoms with Crippen LogP contribution in [0, 0.1) is 0 Å². The first-order chi connectivity index (χ1) is 7.20. The molecule has 0 radical (unpaired) electrons. The summed E-state index contributed by atoms with van der Waals surface area (Å²) in [6.07, 6.45) is 3.15. The van der Waals surface area contributed by atoms with Gasteiger partial charge in [0.15, 0.2) is 4.60 Å². The van der Waals surface area contributed by atoms with Crippen LogP contribution in [-0.2, 0) is 11.8 Å². The molecule has 80 valence electrons. The fraction of sp³-hybridized carbons (Fsp3) is 0.444. The van der Waals surface area contributed by atoms with Crippen molar-refractivity contribution in [3.05, 3.63) is 22.1 Å². The molecular formula is C9H10BrN3O2. The summed E-state index contributed by atoms with van der Waals surface area (Å²) < 4.78 is 7.07. The Hall–Kier alpha value is -1.17. The summed E-state index contributed by atoms with van der Waals surface area (Å²) in [6, 6.07) is 0. The maximum absolute atomic E-state index is 12.0. The molecule has 0 saturated carbocycles. The van der Waals surface area contributed by atoms with Crippen molar-refractivity contribution < 1.29 is 9.53 Å². The molecule has 0 bridgehead atoms. The standard InChI is InChI=1S/C9H10BrN3O2/c1-13-7(9(10)11-12-13)8(14)6-3-2-4-15-5-6/h5H,2-4H2,1H3. The maximum Gasteiger partial charge on any atom is 0.212 e. The number of hydrogen-bond acceptors (Lipinski definition) is 4. The van der Waals surface area contributed by atoms with Crippen LogP contribution in [0.2, 0.25) is 0 Å². The van der Waals surface area contributed by atoms with Gasteiger partial charge in [0, 0.05) is 12.6 Å². The third kappa shape index (κ3) is 1.94. The fourth-order valence-electron chi connectivity index (χ4n) is 1.46. The van der Waals surface area contributed by atoms with Crippen LogP contribution in [-0.4, -0.2) is 27.4 Å². The molecule has 0 saturated heterocycles. The molecule has 0 aliphatic carbocycles. The molecule has 5 nitrogen and oxygen atoms in total. The highest BCUT2D eigenvalue weighted by Crippen LogP contribution is 2.21. The second-order valence-corrected chi connectivity index (χ2v) is 4.05. The number of ketones is 1. The molecule has 0 atom stereocenters. The van der Waals surface area contributed by atoms with Gasteiger partial charge in [-0.25, -0.2) is 4.68 Å². The van der Waals surface area contributed by atoms with Gasteiger partial charge in [0.2, 0.25) is 5.78 Å². The number of aromatic nitrogens is 3. The minimum absolute atomic E-state index is 0.0749. The van der Waals surface area contributed by atoms with Crippen LogP contribution in [0.1, 0.15) is 23.3 Å². The number of nitrogens with zero attached hydrogens (tertiary/aromatic N) is 3. The molecule has 1 aromatic rings. The summed E-state index contributed by atoms with van der Waals surface area (Å²) in [5.74, 6) is -0.0749. The fourth-order valence-corrected chi connectivity index (χ4v) is 1.96. The lowest BCUT2D eigenvalue weighted by Crippen LogP contribution is -2.13. The number of Topliss-reactive ketones (excluding diaryl/α,β-unsaturated/α-hetero) is 1. The second kappa shape index (κ2) is 4.14. The van der Waals surface area contributed by atoms with E-state index in [9.17, 15) is 4.79 Å². The Labute approximate surface area is 95.2 Å². The van der Waals surface area contributed by atoms with Crippen LogP contribution in [0.5, 0.6) is 0 Å². The molecule has 0 fully saturated rings. The van der Waals surface area contributed by atoms with Crippen LogP contribution >= 0.6 is 15.9 Å². The van der Waals surface area contributed by atoms with Gasteiger partial charge in [0.25, 0.3) is 0 Å². The Bertz CT molecular complexity index is 405. The zero-order valence-electron chi connectivity index (χ0n) is 8.23. The highest BCUT2D eigenvalue weighted by atomic mass is 79.9. The van der Waals surface area contributed by atoms with Crippen molar-refractivity contribution in [3.63, 3.8) is 0 Å². The van der Waals surface area contributed by atoms with Gasteiger partial charge in [0.1, 0.15) is 5.69 Å². The van der Waals surface area contributed by atoms with Crippen LogP contribution in [0.4, 0.5) is 0 Å². The quantitative estimate of drug-likeness (QED) is 0.765. The van der Waals surface area contributed by atoms with Gasteiger partial charge >= 0.3 is 0 Å². The summed E-state index contributed by atoms with van der Waals surface area (Å²) in [5.41, 5.74) is 1.14. The Kier molecular flexibility index (Phi) is 2.86. The average Bonchev–Trinajstić information content (AvgIpc) is 2.59. The first-order valence-electron chi connectivity index (χ1n) is 4.60. The zero-order valence-corrected chi connectivity index (χ0v) is 9.82. The monoisotopic (exact) mass is 271 g/mol. The van der Waals surface area contributed by atoms with Gasteiger partial charge in [-0.2, -0.15) is 0 Å². The molecule has 0 N–H and O–H groups in total. The zero-order chi connectivity index (χ0) is 10.8. The van der Waals surface area contributed by atoms with Crippen molar-refractivity contribution in [2.45, 2.75) is 12.8 Å². The van der Waals surface area contributed by atoms with E-state index in [4.69, 9.17) is 4.74 Å². The van der Waals surface area contributed by atoms with E-state index in [-0.39, 0.29) is 5.78 Å². The number of carbonyl (C=O) groups is 1. The summed E-state index contributed by atoms with van der Waals surface area (Å²) in [6.45, 7) is 0.682. The SMILES string of the molecule is Cn1nnc(Br)c1C(=O)C1=COCCC1. The molecule has 2 rings (SSSR count). The first-order valence-corrected chi connectivity index (χ1v) is 5.40. The molecular weight excluding hydrogens is 262 g/mol. The van der Waals surface area contributed by atoms with E-state index in [1.54, 1.807) is 7.05 Å². The van der Waals surface area contributed by atoms with E-state index in [0.717, 1.165) is 12.8 Å². The topological polar surface area (TPSA) is 57.0 Å². The summed E-state index contributed by atoms with van der Waals surface area (Å²) in [4.78, 5) is 12.0. The Morgan fingerprint density at radius 3 is 3.00 bits per heavy atom. The van der Waals surface area contributed by atoms with Crippen molar-refractivity contribution in [3.8, 4) is 0 Å². The van der Waals surface area contributed by atoms with Crippen molar-refractivity contribution in [2.24, 2.45) is 7.05 Å². The summed E-state index contributed by atoms with van der Waals surface area (Å²) >= 11 is 3.20. The van der Waals surface area contributed by atoms with Crippen LogP contribution in [0.25, 0.3) is 0 Å². The predicted octanol–water partition coefficient (Wildman–Crippen LogP) is 1.45. The Balaban J connectivity index is 2.31. The number of ether oxygens (including phenoxy) is 1. The van der Waals surface area contributed by atoms with Crippen molar-refractivity contribution >= 4 is 21.7 Å². The highest BCUT2D eigenvalue weighted by Gasteiger charge is 2.22. The number of allylic oxidation sites excluding steroid dienone is 1. The predicted molar refractivity (Wildman–Crippen MR) is 56.3 cm³/mol. The van der Waals surface area contributed by atoms with Crippen LogP contribution < -0.4 is 0 Å². The number of carbonyl (C=O) groups excluding carboxylic acids is 1. The molecule has 0 spiro atoms. The van der Waals surface area contributed by atoms with Gasteiger partial charge in [-0.15, -0.1) is 5.10 Å². The molecule has 1 aliphatic heterocycles. The molecule has 15 heavy (non-hydrogen) atoms. The third-order valence-corrected chi connectivity index (χ3v) is 2.76. The van der Waals surface area contributed by atoms with Gasteiger partial charge in [-0.3, -0.25) is 4.79 Å². The summed E-state index contributed by atoms with van der Waals surface area (Å²) in [7, 11) is 1.69. The smallest absolute Gasteiger partial charge is 0.212 e. The number of rotatable bonds is 2. The molecule has 1 aliphatic rings. The lowest BCUT2D eigenvalue weighted by Gasteiger charge is -2.12. The van der Waals surface area contributed by atoms with Crippen molar-refractivity contribution in [2.75, 3.05) is 6.61 Å².